The SMILES string of the molecule is CC(=O)N1c2ccc(S(=O)(=O)NCCC(=O)NCc3ccc4c(c3)OCO4)cc2C[C@@H]1C. The maximum Gasteiger partial charge on any atom is 0.240 e. The predicted molar refractivity (Wildman–Crippen MR) is 117 cm³/mol. The van der Waals surface area contributed by atoms with Crippen LogP contribution >= 0.6 is 0 Å². The summed E-state index contributed by atoms with van der Waals surface area (Å²) in [6.07, 6.45) is 0.602. The molecule has 0 aromatic heterocycles. The molecule has 0 aliphatic carbocycles. The van der Waals surface area contributed by atoms with Crippen molar-refractivity contribution in [3.05, 3.63) is 47.5 Å². The van der Waals surface area contributed by atoms with Crippen molar-refractivity contribution in [1.82, 2.24) is 10.0 Å². The van der Waals surface area contributed by atoms with Crippen molar-refractivity contribution < 1.29 is 27.5 Å². The Balaban J connectivity index is 1.29. The van der Waals surface area contributed by atoms with E-state index in [-0.39, 0.29) is 42.5 Å². The average Bonchev–Trinajstić information content (AvgIpc) is 3.34. The van der Waals surface area contributed by atoms with E-state index in [1.807, 2.05) is 13.0 Å². The lowest BCUT2D eigenvalue weighted by Crippen LogP contribution is -2.33. The van der Waals surface area contributed by atoms with Gasteiger partial charge in [-0.3, -0.25) is 9.59 Å². The van der Waals surface area contributed by atoms with Gasteiger partial charge in [-0.2, -0.15) is 0 Å². The molecule has 4 rings (SSSR count). The number of hydrogen-bond acceptors (Lipinski definition) is 6. The standard InChI is InChI=1S/C22H25N3O6S/c1-14-9-17-11-18(4-5-19(17)25(14)15(2)26)32(28,29)24-8-7-22(27)23-12-16-3-6-20-21(10-16)31-13-30-20/h3-6,10-11,14,24H,7-9,12-13H2,1-2H3,(H,23,27)/t14-/m0/s1. The molecule has 2 heterocycles. The van der Waals surface area contributed by atoms with Crippen molar-refractivity contribution >= 4 is 27.5 Å². The zero-order valence-corrected chi connectivity index (χ0v) is 18.7. The molecule has 2 aromatic rings. The zero-order chi connectivity index (χ0) is 22.9. The van der Waals surface area contributed by atoms with Crippen LogP contribution < -0.4 is 24.4 Å². The number of nitrogens with one attached hydrogen (secondary N) is 2. The summed E-state index contributed by atoms with van der Waals surface area (Å²) >= 11 is 0. The fourth-order valence-corrected chi connectivity index (χ4v) is 5.06. The van der Waals surface area contributed by atoms with E-state index in [2.05, 4.69) is 10.0 Å². The normalized spacial score (nSPS) is 16.7. The Hall–Kier alpha value is -3.11. The first-order valence-electron chi connectivity index (χ1n) is 10.3. The fourth-order valence-electron chi connectivity index (χ4n) is 3.98. The maximum absolute atomic E-state index is 12.6. The molecule has 10 heteroatoms. The van der Waals surface area contributed by atoms with Gasteiger partial charge in [0.15, 0.2) is 11.5 Å². The second-order valence-electron chi connectivity index (χ2n) is 7.84. The summed E-state index contributed by atoms with van der Waals surface area (Å²) < 4.78 is 38.3. The number of sulfonamides is 1. The molecule has 2 N–H and O–H groups in total. The summed E-state index contributed by atoms with van der Waals surface area (Å²) in [7, 11) is -3.77. The van der Waals surface area contributed by atoms with E-state index in [1.165, 1.54) is 13.0 Å². The number of amides is 2. The molecule has 0 unspecified atom stereocenters. The molecule has 2 aliphatic rings. The van der Waals surface area contributed by atoms with Gasteiger partial charge in [0, 0.05) is 38.2 Å². The predicted octanol–water partition coefficient (Wildman–Crippen LogP) is 1.70. The number of benzene rings is 2. The molecule has 2 amide bonds. The van der Waals surface area contributed by atoms with Crippen LogP contribution in [0.3, 0.4) is 0 Å². The second kappa shape index (κ2) is 8.79. The Kier molecular flexibility index (Phi) is 6.07. The molecule has 0 saturated heterocycles. The topological polar surface area (TPSA) is 114 Å². The molecule has 2 aromatic carbocycles. The highest BCUT2D eigenvalue weighted by atomic mass is 32.2. The maximum atomic E-state index is 12.6. The van der Waals surface area contributed by atoms with Gasteiger partial charge in [-0.05, 0) is 54.8 Å². The largest absolute Gasteiger partial charge is 0.454 e. The number of fused-ring (bicyclic) bond motifs is 2. The summed E-state index contributed by atoms with van der Waals surface area (Å²) in [5.41, 5.74) is 2.42. The van der Waals surface area contributed by atoms with Crippen molar-refractivity contribution in [2.75, 3.05) is 18.2 Å². The number of hydrogen-bond donors (Lipinski definition) is 2. The minimum absolute atomic E-state index is 0.00384. The third-order valence-electron chi connectivity index (χ3n) is 5.49. The van der Waals surface area contributed by atoms with Crippen molar-refractivity contribution in [2.45, 2.75) is 44.2 Å². The quantitative estimate of drug-likeness (QED) is 0.652. The molecule has 0 spiro atoms. The van der Waals surface area contributed by atoms with Crippen LogP contribution in [0.2, 0.25) is 0 Å². The number of anilines is 1. The van der Waals surface area contributed by atoms with Gasteiger partial charge in [-0.15, -0.1) is 0 Å². The molecule has 0 radical (unpaired) electrons. The Morgan fingerprint density at radius 3 is 2.69 bits per heavy atom. The molecule has 0 saturated carbocycles. The van der Waals surface area contributed by atoms with Crippen LogP contribution in [0.15, 0.2) is 41.3 Å². The smallest absolute Gasteiger partial charge is 0.240 e. The van der Waals surface area contributed by atoms with E-state index in [4.69, 9.17) is 9.47 Å². The van der Waals surface area contributed by atoms with E-state index in [1.54, 1.807) is 29.2 Å². The third kappa shape index (κ3) is 4.56. The molecular weight excluding hydrogens is 434 g/mol. The third-order valence-corrected chi connectivity index (χ3v) is 6.95. The Bertz CT molecular complexity index is 1160. The molecule has 2 aliphatic heterocycles. The van der Waals surface area contributed by atoms with Gasteiger partial charge in [-0.1, -0.05) is 6.07 Å². The molecule has 0 bridgehead atoms. The zero-order valence-electron chi connectivity index (χ0n) is 17.9. The van der Waals surface area contributed by atoms with Crippen LogP contribution in [0, 0.1) is 0 Å². The van der Waals surface area contributed by atoms with E-state index >= 15 is 0 Å². The molecule has 32 heavy (non-hydrogen) atoms. The van der Waals surface area contributed by atoms with Gasteiger partial charge in [-0.25, -0.2) is 13.1 Å². The fraction of sp³-hybridized carbons (Fsp3) is 0.364. The van der Waals surface area contributed by atoms with Gasteiger partial charge >= 0.3 is 0 Å². The molecule has 170 valence electrons. The Morgan fingerprint density at radius 1 is 1.12 bits per heavy atom. The van der Waals surface area contributed by atoms with E-state index in [9.17, 15) is 18.0 Å². The highest BCUT2D eigenvalue weighted by Crippen LogP contribution is 2.34. The van der Waals surface area contributed by atoms with Crippen molar-refractivity contribution in [2.24, 2.45) is 0 Å². The number of carbonyl (C=O) groups excluding carboxylic acids is 2. The van der Waals surface area contributed by atoms with Crippen LogP contribution in [0.1, 0.15) is 31.4 Å². The average molecular weight is 460 g/mol. The lowest BCUT2D eigenvalue weighted by Gasteiger charge is -2.20. The summed E-state index contributed by atoms with van der Waals surface area (Å²) in [5.74, 6) is 0.964. The minimum atomic E-state index is -3.77. The summed E-state index contributed by atoms with van der Waals surface area (Å²) in [4.78, 5) is 25.8. The number of ether oxygens (including phenoxy) is 2. The van der Waals surface area contributed by atoms with Gasteiger partial charge < -0.3 is 19.7 Å². The monoisotopic (exact) mass is 459 g/mol. The van der Waals surface area contributed by atoms with Crippen LogP contribution in [0.5, 0.6) is 11.5 Å². The molecular formula is C22H25N3O6S. The molecule has 0 fully saturated rings. The van der Waals surface area contributed by atoms with Crippen molar-refractivity contribution in [1.29, 1.82) is 0 Å². The lowest BCUT2D eigenvalue weighted by atomic mass is 10.1. The van der Waals surface area contributed by atoms with Crippen LogP contribution in [-0.4, -0.2) is 39.6 Å². The van der Waals surface area contributed by atoms with Crippen LogP contribution in [0.4, 0.5) is 5.69 Å². The van der Waals surface area contributed by atoms with E-state index in [0.29, 0.717) is 24.5 Å². The first-order valence-corrected chi connectivity index (χ1v) is 11.8. The van der Waals surface area contributed by atoms with Gasteiger partial charge in [0.2, 0.25) is 28.6 Å². The first-order chi connectivity index (χ1) is 15.2. The van der Waals surface area contributed by atoms with Gasteiger partial charge in [0.25, 0.3) is 0 Å². The van der Waals surface area contributed by atoms with Gasteiger partial charge in [0.1, 0.15) is 0 Å². The van der Waals surface area contributed by atoms with Crippen molar-refractivity contribution in [3.8, 4) is 11.5 Å². The van der Waals surface area contributed by atoms with Gasteiger partial charge in [0.05, 0.1) is 4.90 Å². The minimum Gasteiger partial charge on any atom is -0.454 e. The van der Waals surface area contributed by atoms with Crippen LogP contribution in [-0.2, 0) is 32.6 Å². The lowest BCUT2D eigenvalue weighted by molar-refractivity contribution is -0.121. The molecule has 9 nitrogen and oxygen atoms in total. The number of rotatable bonds is 7. The highest BCUT2D eigenvalue weighted by Gasteiger charge is 2.30. The van der Waals surface area contributed by atoms with E-state index in [0.717, 1.165) is 16.8 Å². The number of nitrogens with zero attached hydrogens (tertiary/aromatic N) is 1. The summed E-state index contributed by atoms with van der Waals surface area (Å²) in [5, 5.41) is 2.76. The van der Waals surface area contributed by atoms with E-state index < -0.39 is 10.0 Å². The van der Waals surface area contributed by atoms with Crippen LogP contribution in [0.25, 0.3) is 0 Å². The summed E-state index contributed by atoms with van der Waals surface area (Å²) in [6, 6.07) is 10.1. The summed E-state index contributed by atoms with van der Waals surface area (Å²) in [6.45, 7) is 3.88. The number of carbonyl (C=O) groups is 2. The Morgan fingerprint density at radius 2 is 1.91 bits per heavy atom. The Labute approximate surface area is 186 Å². The first kappa shape index (κ1) is 22.1. The highest BCUT2D eigenvalue weighted by molar-refractivity contribution is 7.89. The molecule has 1 atom stereocenters. The second-order valence-corrected chi connectivity index (χ2v) is 9.61. The van der Waals surface area contributed by atoms with Crippen molar-refractivity contribution in [3.63, 3.8) is 0 Å².